The molecule has 1 heterocycles. The lowest BCUT2D eigenvalue weighted by atomic mass is 10.2. The monoisotopic (exact) mass is 209 g/mol. The van der Waals surface area contributed by atoms with E-state index in [1.165, 1.54) is 12.4 Å². The molecule has 0 atom stereocenters. The quantitative estimate of drug-likeness (QED) is 0.327. The van der Waals surface area contributed by atoms with Gasteiger partial charge in [0.15, 0.2) is 12.4 Å². The Morgan fingerprint density at radius 3 is 3.00 bits per heavy atom. The lowest BCUT2D eigenvalue weighted by molar-refractivity contribution is -0.605. The first-order chi connectivity index (χ1) is 7.15. The molecular weight excluding hydrogens is 194 g/mol. The molecule has 82 valence electrons. The van der Waals surface area contributed by atoms with Gasteiger partial charge in [-0.2, -0.15) is 4.73 Å². The molecule has 0 aliphatic carbocycles. The SMILES string of the molecule is CCCCOC(=O)c1c[n+]([O-])ccc1C. The zero-order valence-corrected chi connectivity index (χ0v) is 9.03. The zero-order chi connectivity index (χ0) is 11.3. The van der Waals surface area contributed by atoms with E-state index < -0.39 is 5.97 Å². The molecule has 0 unspecified atom stereocenters. The third-order valence-corrected chi connectivity index (χ3v) is 2.10. The van der Waals surface area contributed by atoms with Gasteiger partial charge in [0.25, 0.3) is 0 Å². The normalized spacial score (nSPS) is 10.0. The number of pyridine rings is 1. The molecule has 1 aromatic rings. The summed E-state index contributed by atoms with van der Waals surface area (Å²) in [5.41, 5.74) is 1.09. The van der Waals surface area contributed by atoms with Crippen LogP contribution in [0.15, 0.2) is 18.5 Å². The van der Waals surface area contributed by atoms with Gasteiger partial charge < -0.3 is 9.94 Å². The van der Waals surface area contributed by atoms with Gasteiger partial charge in [-0.15, -0.1) is 0 Å². The minimum Gasteiger partial charge on any atom is -0.619 e. The molecule has 15 heavy (non-hydrogen) atoms. The topological polar surface area (TPSA) is 53.2 Å². The van der Waals surface area contributed by atoms with Crippen LogP contribution in [0.5, 0.6) is 0 Å². The number of aromatic nitrogens is 1. The first kappa shape index (κ1) is 11.5. The van der Waals surface area contributed by atoms with Gasteiger partial charge in [-0.05, 0) is 18.9 Å². The van der Waals surface area contributed by atoms with Crippen molar-refractivity contribution in [2.24, 2.45) is 0 Å². The first-order valence-corrected chi connectivity index (χ1v) is 5.01. The zero-order valence-electron chi connectivity index (χ0n) is 9.03. The second-order valence-corrected chi connectivity index (χ2v) is 3.39. The molecule has 4 nitrogen and oxygen atoms in total. The highest BCUT2D eigenvalue weighted by molar-refractivity contribution is 5.90. The van der Waals surface area contributed by atoms with Crippen molar-refractivity contribution in [1.29, 1.82) is 0 Å². The lowest BCUT2D eigenvalue weighted by Gasteiger charge is -2.05. The van der Waals surface area contributed by atoms with Gasteiger partial charge in [0.1, 0.15) is 5.56 Å². The highest BCUT2D eigenvalue weighted by Gasteiger charge is 2.13. The van der Waals surface area contributed by atoms with Crippen LogP contribution in [-0.2, 0) is 4.74 Å². The van der Waals surface area contributed by atoms with Crippen molar-refractivity contribution in [2.45, 2.75) is 26.7 Å². The maximum Gasteiger partial charge on any atom is 0.344 e. The summed E-state index contributed by atoms with van der Waals surface area (Å²) in [6.45, 7) is 4.20. The third-order valence-electron chi connectivity index (χ3n) is 2.10. The van der Waals surface area contributed by atoms with Gasteiger partial charge in [0, 0.05) is 6.07 Å². The van der Waals surface area contributed by atoms with Gasteiger partial charge in [0.05, 0.1) is 6.61 Å². The summed E-state index contributed by atoms with van der Waals surface area (Å²) in [5.74, 6) is -0.425. The molecule has 0 radical (unpaired) electrons. The average Bonchev–Trinajstić information content (AvgIpc) is 2.22. The number of rotatable bonds is 4. The van der Waals surface area contributed by atoms with Crippen LogP contribution in [0, 0.1) is 12.1 Å². The van der Waals surface area contributed by atoms with Gasteiger partial charge >= 0.3 is 5.97 Å². The van der Waals surface area contributed by atoms with E-state index in [1.807, 2.05) is 6.92 Å². The number of carbonyl (C=O) groups excluding carboxylic acids is 1. The summed E-state index contributed by atoms with van der Waals surface area (Å²) in [6, 6.07) is 1.60. The van der Waals surface area contributed by atoms with E-state index in [4.69, 9.17) is 4.74 Å². The first-order valence-electron chi connectivity index (χ1n) is 5.01. The Hall–Kier alpha value is -1.58. The number of hydrogen-bond acceptors (Lipinski definition) is 3. The van der Waals surface area contributed by atoms with Crippen molar-refractivity contribution >= 4 is 5.97 Å². The molecule has 0 saturated carbocycles. The van der Waals surface area contributed by atoms with Crippen molar-refractivity contribution in [1.82, 2.24) is 0 Å². The molecule has 1 aromatic heterocycles. The number of ether oxygens (including phenoxy) is 1. The van der Waals surface area contributed by atoms with Crippen molar-refractivity contribution in [3.63, 3.8) is 0 Å². The molecule has 0 fully saturated rings. The van der Waals surface area contributed by atoms with E-state index in [1.54, 1.807) is 13.0 Å². The van der Waals surface area contributed by atoms with E-state index in [0.29, 0.717) is 16.9 Å². The van der Waals surface area contributed by atoms with Crippen LogP contribution in [0.2, 0.25) is 0 Å². The van der Waals surface area contributed by atoms with E-state index in [0.717, 1.165) is 18.4 Å². The Labute approximate surface area is 89.1 Å². The average molecular weight is 209 g/mol. The van der Waals surface area contributed by atoms with Crippen LogP contribution in [0.1, 0.15) is 35.7 Å². The van der Waals surface area contributed by atoms with Crippen LogP contribution in [-0.4, -0.2) is 12.6 Å². The molecule has 0 bridgehead atoms. The fraction of sp³-hybridized carbons (Fsp3) is 0.455. The molecule has 0 amide bonds. The number of unbranched alkanes of at least 4 members (excludes halogenated alkanes) is 1. The van der Waals surface area contributed by atoms with Gasteiger partial charge in [-0.1, -0.05) is 13.3 Å². The number of hydrogen-bond donors (Lipinski definition) is 0. The van der Waals surface area contributed by atoms with Crippen molar-refractivity contribution in [3.05, 3.63) is 34.8 Å². The van der Waals surface area contributed by atoms with E-state index in [2.05, 4.69) is 0 Å². The molecule has 0 aromatic carbocycles. The van der Waals surface area contributed by atoms with Crippen LogP contribution in [0.4, 0.5) is 0 Å². The third kappa shape index (κ3) is 3.23. The molecule has 0 aliphatic heterocycles. The number of carbonyl (C=O) groups is 1. The van der Waals surface area contributed by atoms with Crippen LogP contribution < -0.4 is 4.73 Å². The van der Waals surface area contributed by atoms with Gasteiger partial charge in [-0.3, -0.25) is 0 Å². The second kappa shape index (κ2) is 5.34. The highest BCUT2D eigenvalue weighted by atomic mass is 16.5. The largest absolute Gasteiger partial charge is 0.619 e. The van der Waals surface area contributed by atoms with Crippen molar-refractivity contribution in [2.75, 3.05) is 6.61 Å². The van der Waals surface area contributed by atoms with Crippen LogP contribution in [0.25, 0.3) is 0 Å². The van der Waals surface area contributed by atoms with Gasteiger partial charge in [0.2, 0.25) is 0 Å². The smallest absolute Gasteiger partial charge is 0.344 e. The fourth-order valence-corrected chi connectivity index (χ4v) is 1.15. The lowest BCUT2D eigenvalue weighted by Crippen LogP contribution is -2.27. The summed E-state index contributed by atoms with van der Waals surface area (Å²) in [7, 11) is 0. The molecule has 0 N–H and O–H groups in total. The molecule has 4 heteroatoms. The summed E-state index contributed by atoms with van der Waals surface area (Å²) in [4.78, 5) is 11.5. The number of nitrogens with zero attached hydrogens (tertiary/aromatic N) is 1. The van der Waals surface area contributed by atoms with Gasteiger partial charge in [-0.25, -0.2) is 4.79 Å². The number of aryl methyl sites for hydroxylation is 1. The fourth-order valence-electron chi connectivity index (χ4n) is 1.15. The second-order valence-electron chi connectivity index (χ2n) is 3.39. The molecule has 0 saturated heterocycles. The summed E-state index contributed by atoms with van der Waals surface area (Å²) >= 11 is 0. The minimum atomic E-state index is -0.425. The summed E-state index contributed by atoms with van der Waals surface area (Å²) in [6.07, 6.45) is 4.42. The Balaban J connectivity index is 2.68. The van der Waals surface area contributed by atoms with E-state index in [-0.39, 0.29) is 0 Å². The minimum absolute atomic E-state index is 0.337. The van der Waals surface area contributed by atoms with Crippen molar-refractivity contribution in [3.8, 4) is 0 Å². The molecule has 0 spiro atoms. The molecule has 0 aliphatic rings. The van der Waals surface area contributed by atoms with E-state index in [9.17, 15) is 10.0 Å². The maximum atomic E-state index is 11.5. The predicted molar refractivity (Wildman–Crippen MR) is 55.3 cm³/mol. The van der Waals surface area contributed by atoms with Crippen LogP contribution in [0.3, 0.4) is 0 Å². The summed E-state index contributed by atoms with van der Waals surface area (Å²) < 4.78 is 5.61. The number of esters is 1. The maximum absolute atomic E-state index is 11.5. The Morgan fingerprint density at radius 1 is 1.60 bits per heavy atom. The van der Waals surface area contributed by atoms with E-state index >= 15 is 0 Å². The van der Waals surface area contributed by atoms with Crippen molar-refractivity contribution < 1.29 is 14.3 Å². The van der Waals surface area contributed by atoms with Crippen LogP contribution >= 0.6 is 0 Å². The molecule has 1 rings (SSSR count). The Bertz CT molecular complexity index is 350. The predicted octanol–water partition coefficient (Wildman–Crippen LogP) is 1.59. The summed E-state index contributed by atoms with van der Waals surface area (Å²) in [5, 5.41) is 11.0. The Morgan fingerprint density at radius 2 is 2.33 bits per heavy atom. The Kier molecular flexibility index (Phi) is 4.09. The molecular formula is C11H15NO3. The standard InChI is InChI=1S/C11H15NO3/c1-3-4-7-15-11(13)10-8-12(14)6-5-9(10)2/h5-6,8H,3-4,7H2,1-2H3. The highest BCUT2D eigenvalue weighted by Crippen LogP contribution is 2.06.